The Morgan fingerprint density at radius 2 is 1.97 bits per heavy atom. The number of pyridine rings is 1. The summed E-state index contributed by atoms with van der Waals surface area (Å²) in [6, 6.07) is 15.7. The molecule has 1 aromatic carbocycles. The van der Waals surface area contributed by atoms with Gasteiger partial charge in [0.25, 0.3) is 5.91 Å². The summed E-state index contributed by atoms with van der Waals surface area (Å²) in [6.45, 7) is 3.98. The van der Waals surface area contributed by atoms with E-state index in [2.05, 4.69) is 5.10 Å². The molecule has 1 aliphatic heterocycles. The Morgan fingerprint density at radius 3 is 2.66 bits per heavy atom. The van der Waals surface area contributed by atoms with Gasteiger partial charge in [-0.2, -0.15) is 5.10 Å². The van der Waals surface area contributed by atoms with E-state index in [1.165, 1.54) is 0 Å². The number of thiophene rings is 1. The Labute approximate surface area is 191 Å². The summed E-state index contributed by atoms with van der Waals surface area (Å²) in [4.78, 5) is 21.3. The van der Waals surface area contributed by atoms with Crippen LogP contribution in [-0.2, 0) is 6.54 Å². The summed E-state index contributed by atoms with van der Waals surface area (Å²) in [5.74, 6) is 0.168. The van der Waals surface area contributed by atoms with Gasteiger partial charge in [0.2, 0.25) is 0 Å². The van der Waals surface area contributed by atoms with Gasteiger partial charge in [0, 0.05) is 19.6 Å². The van der Waals surface area contributed by atoms with Gasteiger partial charge in [0.15, 0.2) is 5.65 Å². The fraction of sp³-hybridized carbons (Fsp3) is 0.320. The van der Waals surface area contributed by atoms with E-state index in [-0.39, 0.29) is 11.8 Å². The molecule has 1 atom stereocenters. The summed E-state index contributed by atoms with van der Waals surface area (Å²) >= 11 is 1.61. The van der Waals surface area contributed by atoms with E-state index < -0.39 is 6.10 Å². The largest absolute Gasteiger partial charge is 0.388 e. The second kappa shape index (κ2) is 8.84. The van der Waals surface area contributed by atoms with Crippen LogP contribution in [0.5, 0.6) is 0 Å². The quantitative estimate of drug-likeness (QED) is 0.480. The van der Waals surface area contributed by atoms with Crippen molar-refractivity contribution < 1.29 is 9.90 Å². The average Bonchev–Trinajstić information content (AvgIpc) is 3.53. The molecule has 4 heterocycles. The number of aliphatic hydroxyl groups excluding tert-OH is 1. The molecule has 0 aliphatic carbocycles. The number of benzene rings is 1. The Kier molecular flexibility index (Phi) is 5.76. The third-order valence-electron chi connectivity index (χ3n) is 6.33. The molecule has 164 valence electrons. The molecule has 1 N–H and O–H groups in total. The molecule has 3 aromatic heterocycles. The van der Waals surface area contributed by atoms with Gasteiger partial charge < -0.3 is 10.0 Å². The summed E-state index contributed by atoms with van der Waals surface area (Å²) in [7, 11) is 0. The van der Waals surface area contributed by atoms with Crippen LogP contribution in [0.15, 0.2) is 60.1 Å². The van der Waals surface area contributed by atoms with Crippen LogP contribution in [0.2, 0.25) is 0 Å². The molecule has 1 amide bonds. The fourth-order valence-electron chi connectivity index (χ4n) is 4.52. The Hall–Kier alpha value is -3.03. The van der Waals surface area contributed by atoms with Crippen molar-refractivity contribution in [1.82, 2.24) is 19.7 Å². The molecule has 4 aromatic rings. The molecule has 1 fully saturated rings. The van der Waals surface area contributed by atoms with Crippen molar-refractivity contribution in [2.24, 2.45) is 5.92 Å². The van der Waals surface area contributed by atoms with E-state index in [0.717, 1.165) is 40.0 Å². The van der Waals surface area contributed by atoms with Crippen LogP contribution in [0, 0.1) is 5.92 Å². The molecule has 0 spiro atoms. The maximum absolute atomic E-state index is 13.6. The van der Waals surface area contributed by atoms with Crippen LogP contribution < -0.4 is 0 Å². The topological polar surface area (TPSA) is 71.2 Å². The van der Waals surface area contributed by atoms with Gasteiger partial charge in [-0.15, -0.1) is 11.3 Å². The lowest BCUT2D eigenvalue weighted by Gasteiger charge is -2.34. The van der Waals surface area contributed by atoms with E-state index in [9.17, 15) is 9.90 Å². The zero-order chi connectivity index (χ0) is 22.1. The Bertz CT molecular complexity index is 1210. The van der Waals surface area contributed by atoms with Gasteiger partial charge in [-0.05, 0) is 48.8 Å². The highest BCUT2D eigenvalue weighted by molar-refractivity contribution is 7.13. The highest BCUT2D eigenvalue weighted by atomic mass is 32.1. The zero-order valence-corrected chi connectivity index (χ0v) is 18.8. The van der Waals surface area contributed by atoms with Gasteiger partial charge in [0.05, 0.1) is 33.8 Å². The molecule has 7 heteroatoms. The van der Waals surface area contributed by atoms with Gasteiger partial charge in [-0.1, -0.05) is 36.4 Å². The van der Waals surface area contributed by atoms with E-state index in [0.29, 0.717) is 25.2 Å². The second-order valence-electron chi connectivity index (χ2n) is 8.22. The van der Waals surface area contributed by atoms with Crippen molar-refractivity contribution in [2.45, 2.75) is 32.4 Å². The first-order valence-electron chi connectivity index (χ1n) is 11.1. The number of hydrogen-bond acceptors (Lipinski definition) is 5. The minimum absolute atomic E-state index is 0.0125. The van der Waals surface area contributed by atoms with E-state index in [1.807, 2.05) is 70.4 Å². The Morgan fingerprint density at radius 1 is 1.19 bits per heavy atom. The number of fused-ring (bicyclic) bond motifs is 1. The van der Waals surface area contributed by atoms with Gasteiger partial charge in [-0.3, -0.25) is 4.79 Å². The number of nitrogens with zero attached hydrogens (tertiary/aromatic N) is 4. The summed E-state index contributed by atoms with van der Waals surface area (Å²) in [6.07, 6.45) is 2.82. The standard InChI is InChI=1S/C25H26N4O2S/c1-2-29-24-20(16-26-29)19(15-21(27-24)22-9-6-14-32-22)25(31)28-12-10-18(11-13-28)23(30)17-7-4-3-5-8-17/h3-9,14-16,18,23,30H,2,10-13H2,1H3. The van der Waals surface area contributed by atoms with E-state index in [1.54, 1.807) is 17.5 Å². The molecule has 0 bridgehead atoms. The molecule has 1 aliphatic rings. The lowest BCUT2D eigenvalue weighted by molar-refractivity contribution is 0.0463. The van der Waals surface area contributed by atoms with Crippen molar-refractivity contribution in [3.63, 3.8) is 0 Å². The molecular formula is C25H26N4O2S. The number of aromatic nitrogens is 3. The molecule has 1 saturated heterocycles. The molecule has 6 nitrogen and oxygen atoms in total. The van der Waals surface area contributed by atoms with Crippen molar-refractivity contribution in [1.29, 1.82) is 0 Å². The molecular weight excluding hydrogens is 420 g/mol. The first-order chi connectivity index (χ1) is 15.7. The minimum atomic E-state index is -0.491. The van der Waals surface area contributed by atoms with Crippen LogP contribution in [-0.4, -0.2) is 43.8 Å². The normalized spacial score (nSPS) is 15.9. The SMILES string of the molecule is CCn1ncc2c(C(=O)N3CCC(C(O)c4ccccc4)CC3)cc(-c3cccs3)nc21. The number of aliphatic hydroxyl groups is 1. The predicted molar refractivity (Wildman–Crippen MR) is 127 cm³/mol. The van der Waals surface area contributed by atoms with Gasteiger partial charge in [-0.25, -0.2) is 9.67 Å². The monoisotopic (exact) mass is 446 g/mol. The Balaban J connectivity index is 1.40. The van der Waals surface area contributed by atoms with Crippen molar-refractivity contribution in [3.05, 3.63) is 71.2 Å². The molecule has 1 unspecified atom stereocenters. The lowest BCUT2D eigenvalue weighted by Crippen LogP contribution is -2.39. The summed E-state index contributed by atoms with van der Waals surface area (Å²) in [5.41, 5.74) is 3.15. The summed E-state index contributed by atoms with van der Waals surface area (Å²) < 4.78 is 1.84. The second-order valence-corrected chi connectivity index (χ2v) is 9.16. The fourth-order valence-corrected chi connectivity index (χ4v) is 5.20. The lowest BCUT2D eigenvalue weighted by atomic mass is 9.87. The van der Waals surface area contributed by atoms with Gasteiger partial charge in [0.1, 0.15) is 0 Å². The molecule has 32 heavy (non-hydrogen) atoms. The van der Waals surface area contributed by atoms with Crippen molar-refractivity contribution in [2.75, 3.05) is 13.1 Å². The average molecular weight is 447 g/mol. The number of rotatable bonds is 5. The predicted octanol–water partition coefficient (Wildman–Crippen LogP) is 4.77. The number of hydrogen-bond donors (Lipinski definition) is 1. The maximum atomic E-state index is 13.6. The first kappa shape index (κ1) is 20.8. The van der Waals surface area contributed by atoms with Crippen LogP contribution >= 0.6 is 11.3 Å². The smallest absolute Gasteiger partial charge is 0.254 e. The number of likely N-dealkylation sites (tertiary alicyclic amines) is 1. The molecule has 0 radical (unpaired) electrons. The van der Waals surface area contributed by atoms with Gasteiger partial charge >= 0.3 is 0 Å². The number of aryl methyl sites for hydroxylation is 1. The van der Waals surface area contributed by atoms with E-state index >= 15 is 0 Å². The number of amides is 1. The molecule has 5 rings (SSSR count). The number of carbonyl (C=O) groups is 1. The highest BCUT2D eigenvalue weighted by Gasteiger charge is 2.30. The van der Waals surface area contributed by atoms with Crippen molar-refractivity contribution in [3.8, 4) is 10.6 Å². The van der Waals surface area contributed by atoms with E-state index in [4.69, 9.17) is 4.98 Å². The minimum Gasteiger partial charge on any atom is -0.388 e. The van der Waals surface area contributed by atoms with Crippen LogP contribution in [0.25, 0.3) is 21.6 Å². The number of piperidine rings is 1. The van der Waals surface area contributed by atoms with Crippen molar-refractivity contribution >= 4 is 28.3 Å². The van der Waals surface area contributed by atoms with Crippen LogP contribution in [0.1, 0.15) is 41.8 Å². The highest BCUT2D eigenvalue weighted by Crippen LogP contribution is 2.33. The third-order valence-corrected chi connectivity index (χ3v) is 7.22. The zero-order valence-electron chi connectivity index (χ0n) is 18.0. The van der Waals surface area contributed by atoms with Crippen LogP contribution in [0.4, 0.5) is 0 Å². The van der Waals surface area contributed by atoms with Crippen LogP contribution in [0.3, 0.4) is 0 Å². The maximum Gasteiger partial charge on any atom is 0.254 e. The number of carbonyl (C=O) groups excluding carboxylic acids is 1. The molecule has 0 saturated carbocycles. The summed E-state index contributed by atoms with van der Waals surface area (Å²) in [5, 5.41) is 18.0. The first-order valence-corrected chi connectivity index (χ1v) is 12.0. The third kappa shape index (κ3) is 3.82.